The van der Waals surface area contributed by atoms with Crippen LogP contribution >= 0.6 is 11.6 Å². The van der Waals surface area contributed by atoms with E-state index < -0.39 is 5.97 Å². The van der Waals surface area contributed by atoms with Crippen LogP contribution in [0.2, 0.25) is 5.02 Å². The molecule has 0 atom stereocenters. The number of nitrogens with zero attached hydrogens (tertiary/aromatic N) is 4. The second-order valence-electron chi connectivity index (χ2n) is 5.89. The third-order valence-electron chi connectivity index (χ3n) is 3.72. The Kier molecular flexibility index (Phi) is 7.12. The molecule has 1 N–H and O–H groups in total. The monoisotopic (exact) mass is 415 g/mol. The van der Waals surface area contributed by atoms with Crippen LogP contribution in [0.1, 0.15) is 16.8 Å². The molecular formula is C19H18ClN5O4. The van der Waals surface area contributed by atoms with Crippen LogP contribution in [0.4, 0.5) is 5.69 Å². The number of amides is 1. The van der Waals surface area contributed by atoms with E-state index in [4.69, 9.17) is 21.1 Å². The van der Waals surface area contributed by atoms with Gasteiger partial charge in [-0.3, -0.25) is 4.79 Å². The first-order chi connectivity index (χ1) is 14.1. The van der Waals surface area contributed by atoms with Crippen molar-refractivity contribution in [1.82, 2.24) is 20.2 Å². The molecule has 3 rings (SSSR count). The normalized spacial score (nSPS) is 10.4. The first-order valence-corrected chi connectivity index (χ1v) is 9.15. The minimum Gasteiger partial charge on any atom is -0.493 e. The lowest BCUT2D eigenvalue weighted by Crippen LogP contribution is -2.21. The molecule has 10 heteroatoms. The van der Waals surface area contributed by atoms with E-state index in [1.165, 1.54) is 11.0 Å². The number of anilines is 1. The van der Waals surface area contributed by atoms with Crippen molar-refractivity contribution < 1.29 is 19.1 Å². The lowest BCUT2D eigenvalue weighted by Gasteiger charge is -2.11. The van der Waals surface area contributed by atoms with Gasteiger partial charge in [-0.05, 0) is 46.8 Å². The molecule has 0 aliphatic carbocycles. The number of tetrazole rings is 1. The minimum atomic E-state index is -0.533. The number of nitrogens with one attached hydrogen (secondary N) is 1. The highest BCUT2D eigenvalue weighted by Gasteiger charge is 2.14. The molecule has 0 unspecified atom stereocenters. The van der Waals surface area contributed by atoms with Gasteiger partial charge in [0.1, 0.15) is 18.6 Å². The van der Waals surface area contributed by atoms with Crippen molar-refractivity contribution >= 4 is 29.2 Å². The second-order valence-corrected chi connectivity index (χ2v) is 6.33. The Morgan fingerprint density at radius 1 is 1.07 bits per heavy atom. The molecule has 0 fully saturated rings. The van der Waals surface area contributed by atoms with E-state index >= 15 is 0 Å². The Balaban J connectivity index is 1.46. The summed E-state index contributed by atoms with van der Waals surface area (Å²) in [5.74, 6) is -0.208. The lowest BCUT2D eigenvalue weighted by atomic mass is 10.2. The van der Waals surface area contributed by atoms with Crippen LogP contribution in [0.15, 0.2) is 54.9 Å². The predicted molar refractivity (Wildman–Crippen MR) is 105 cm³/mol. The van der Waals surface area contributed by atoms with Crippen molar-refractivity contribution in [2.75, 3.05) is 18.5 Å². The molecule has 3 aromatic rings. The summed E-state index contributed by atoms with van der Waals surface area (Å²) in [6.07, 6.45) is 1.84. The van der Waals surface area contributed by atoms with Gasteiger partial charge in [0.15, 0.2) is 0 Å². The standard InChI is InChI=1S/C19H18ClN5O4/c20-14-6-8-15(9-7-14)28-10-3-11-29-19(27)16-4-1-2-5-17(16)22-18(26)12-25-13-21-23-24-25/h1-2,4-9,13H,3,10-12H2,(H,22,26). The molecule has 0 spiro atoms. The Bertz CT molecular complexity index is 947. The summed E-state index contributed by atoms with van der Waals surface area (Å²) in [5.41, 5.74) is 0.615. The molecule has 0 aliphatic heterocycles. The van der Waals surface area contributed by atoms with E-state index in [0.29, 0.717) is 29.5 Å². The molecule has 9 nitrogen and oxygen atoms in total. The maximum Gasteiger partial charge on any atom is 0.340 e. The number of benzene rings is 2. The molecular weight excluding hydrogens is 398 g/mol. The topological polar surface area (TPSA) is 108 Å². The van der Waals surface area contributed by atoms with Gasteiger partial charge in [-0.1, -0.05) is 23.7 Å². The number of hydrogen-bond acceptors (Lipinski definition) is 7. The summed E-state index contributed by atoms with van der Waals surface area (Å²) in [7, 11) is 0. The Hall–Kier alpha value is -3.46. The molecule has 1 heterocycles. The lowest BCUT2D eigenvalue weighted by molar-refractivity contribution is -0.116. The van der Waals surface area contributed by atoms with Gasteiger partial charge in [0.25, 0.3) is 0 Å². The average molecular weight is 416 g/mol. The number of carbonyl (C=O) groups is 2. The minimum absolute atomic E-state index is 0.0710. The summed E-state index contributed by atoms with van der Waals surface area (Å²) in [6.45, 7) is 0.497. The van der Waals surface area contributed by atoms with Crippen LogP contribution < -0.4 is 10.1 Å². The average Bonchev–Trinajstić information content (AvgIpc) is 3.22. The fourth-order valence-corrected chi connectivity index (χ4v) is 2.51. The van der Waals surface area contributed by atoms with Crippen molar-refractivity contribution in [3.05, 3.63) is 65.4 Å². The van der Waals surface area contributed by atoms with E-state index in [0.717, 1.165) is 0 Å². The van der Waals surface area contributed by atoms with Crippen molar-refractivity contribution in [3.63, 3.8) is 0 Å². The Labute approximate surface area is 171 Å². The zero-order valence-electron chi connectivity index (χ0n) is 15.3. The number of hydrogen-bond donors (Lipinski definition) is 1. The van der Waals surface area contributed by atoms with E-state index in [1.54, 1.807) is 48.5 Å². The summed E-state index contributed by atoms with van der Waals surface area (Å²) >= 11 is 5.82. The third-order valence-corrected chi connectivity index (χ3v) is 3.97. The third kappa shape index (κ3) is 6.28. The molecule has 0 saturated heterocycles. The zero-order chi connectivity index (χ0) is 20.5. The van der Waals surface area contributed by atoms with E-state index in [2.05, 4.69) is 20.8 Å². The number of rotatable bonds is 9. The smallest absolute Gasteiger partial charge is 0.340 e. The first kappa shape index (κ1) is 20.3. The predicted octanol–water partition coefficient (Wildman–Crippen LogP) is 2.59. The van der Waals surface area contributed by atoms with E-state index in [-0.39, 0.29) is 24.6 Å². The highest BCUT2D eigenvalue weighted by molar-refractivity contribution is 6.30. The van der Waals surface area contributed by atoms with Crippen molar-refractivity contribution in [2.45, 2.75) is 13.0 Å². The summed E-state index contributed by atoms with van der Waals surface area (Å²) < 4.78 is 12.1. The van der Waals surface area contributed by atoms with Gasteiger partial charge in [0.2, 0.25) is 5.91 Å². The highest BCUT2D eigenvalue weighted by Crippen LogP contribution is 2.17. The molecule has 0 saturated carbocycles. The summed E-state index contributed by atoms with van der Waals surface area (Å²) in [4.78, 5) is 24.5. The molecule has 0 bridgehead atoms. The Morgan fingerprint density at radius 2 is 1.86 bits per heavy atom. The van der Waals surface area contributed by atoms with Gasteiger partial charge in [0, 0.05) is 11.4 Å². The SMILES string of the molecule is O=C(Cn1cnnn1)Nc1ccccc1C(=O)OCCCOc1ccc(Cl)cc1. The van der Waals surface area contributed by atoms with E-state index in [1.807, 2.05) is 0 Å². The molecule has 0 radical (unpaired) electrons. The van der Waals surface area contributed by atoms with Crippen LogP contribution in [-0.4, -0.2) is 45.3 Å². The number of aromatic nitrogens is 4. The number of halogens is 1. The number of esters is 1. The van der Waals surface area contributed by atoms with Crippen LogP contribution in [0.25, 0.3) is 0 Å². The van der Waals surface area contributed by atoms with Crippen molar-refractivity contribution in [1.29, 1.82) is 0 Å². The maximum absolute atomic E-state index is 12.4. The maximum atomic E-state index is 12.4. The fourth-order valence-electron chi connectivity index (χ4n) is 2.38. The summed E-state index contributed by atoms with van der Waals surface area (Å²) in [6, 6.07) is 13.6. The zero-order valence-corrected chi connectivity index (χ0v) is 16.1. The number of ether oxygens (including phenoxy) is 2. The van der Waals surface area contributed by atoms with Crippen LogP contribution in [0, 0.1) is 0 Å². The molecule has 29 heavy (non-hydrogen) atoms. The van der Waals surface area contributed by atoms with Gasteiger partial charge in [-0.15, -0.1) is 5.10 Å². The number of carbonyl (C=O) groups excluding carboxylic acids is 2. The van der Waals surface area contributed by atoms with Crippen LogP contribution in [0.5, 0.6) is 5.75 Å². The van der Waals surface area contributed by atoms with Crippen LogP contribution in [-0.2, 0) is 16.1 Å². The van der Waals surface area contributed by atoms with Crippen molar-refractivity contribution in [2.24, 2.45) is 0 Å². The van der Waals surface area contributed by atoms with Gasteiger partial charge in [-0.25, -0.2) is 9.48 Å². The number of para-hydroxylation sites is 1. The van der Waals surface area contributed by atoms with Gasteiger partial charge < -0.3 is 14.8 Å². The quantitative estimate of drug-likeness (QED) is 0.422. The Morgan fingerprint density at radius 3 is 2.62 bits per heavy atom. The largest absolute Gasteiger partial charge is 0.493 e. The van der Waals surface area contributed by atoms with Gasteiger partial charge in [-0.2, -0.15) is 0 Å². The van der Waals surface area contributed by atoms with Crippen molar-refractivity contribution in [3.8, 4) is 5.75 Å². The summed E-state index contributed by atoms with van der Waals surface area (Å²) in [5, 5.41) is 13.8. The van der Waals surface area contributed by atoms with Crippen LogP contribution in [0.3, 0.4) is 0 Å². The van der Waals surface area contributed by atoms with Gasteiger partial charge in [0.05, 0.1) is 24.5 Å². The second kappa shape index (κ2) is 10.2. The highest BCUT2D eigenvalue weighted by atomic mass is 35.5. The molecule has 0 aliphatic rings. The van der Waals surface area contributed by atoms with Gasteiger partial charge >= 0.3 is 5.97 Å². The van der Waals surface area contributed by atoms with E-state index in [9.17, 15) is 9.59 Å². The first-order valence-electron chi connectivity index (χ1n) is 8.77. The molecule has 2 aromatic carbocycles. The fraction of sp³-hybridized carbons (Fsp3) is 0.211. The molecule has 1 aromatic heterocycles. The molecule has 150 valence electrons. The molecule has 1 amide bonds.